The molecular weight excluding hydrogens is 397 g/mol. The normalized spacial score (nSPS) is 13.5. The number of nitrogens with one attached hydrogen (secondary N) is 1. The van der Waals surface area contributed by atoms with Crippen LogP contribution in [0.2, 0.25) is 0 Å². The molecule has 2 atom stereocenters. The van der Waals surface area contributed by atoms with Crippen molar-refractivity contribution in [2.45, 2.75) is 25.2 Å². The molecule has 0 radical (unpaired) electrons. The van der Waals surface area contributed by atoms with Gasteiger partial charge in [-0.25, -0.2) is 9.97 Å². The lowest BCUT2D eigenvalue weighted by Gasteiger charge is -2.22. The fourth-order valence-corrected chi connectivity index (χ4v) is 2.93. The van der Waals surface area contributed by atoms with Gasteiger partial charge in [0.05, 0.1) is 23.3 Å². The Morgan fingerprint density at radius 3 is 2.47 bits per heavy atom. The first-order chi connectivity index (χ1) is 14.2. The number of carbonyl (C=O) groups is 1. The van der Waals surface area contributed by atoms with Gasteiger partial charge in [0.25, 0.3) is 0 Å². The summed E-state index contributed by atoms with van der Waals surface area (Å²) in [5.74, 6) is -1.17. The van der Waals surface area contributed by atoms with Gasteiger partial charge in [-0.15, -0.1) is 0 Å². The van der Waals surface area contributed by atoms with E-state index in [0.29, 0.717) is 5.56 Å². The topological polar surface area (TPSA) is 101 Å². The van der Waals surface area contributed by atoms with Crippen molar-refractivity contribution >= 4 is 17.4 Å². The molecule has 164 valence electrons. The van der Waals surface area contributed by atoms with Crippen LogP contribution in [0.4, 0.5) is 24.8 Å². The lowest BCUT2D eigenvalue weighted by Crippen LogP contribution is -2.25. The molecule has 1 unspecified atom stereocenters. The molecule has 0 aliphatic carbocycles. The minimum atomic E-state index is -4.79. The summed E-state index contributed by atoms with van der Waals surface area (Å²) < 4.78 is 40.4. The lowest BCUT2D eigenvalue weighted by molar-refractivity contribution is -0.138. The van der Waals surface area contributed by atoms with Crippen LogP contribution >= 0.6 is 0 Å². The average molecular weight is 424 g/mol. The maximum Gasteiger partial charge on any atom is 0.418 e. The number of carbonyl (C=O) groups excluding carboxylic acids is 1. The molecule has 6 nitrogen and oxygen atoms in total. The van der Waals surface area contributed by atoms with Crippen molar-refractivity contribution < 1.29 is 28.8 Å². The number of nitrogens with zero attached hydrogens (tertiary/aromatic N) is 2. The third-order valence-corrected chi connectivity index (χ3v) is 4.49. The van der Waals surface area contributed by atoms with Crippen molar-refractivity contribution in [1.29, 1.82) is 0 Å². The van der Waals surface area contributed by atoms with Crippen LogP contribution in [0.25, 0.3) is 0 Å². The number of nitrogens with two attached hydrogens (primary N) is 1. The van der Waals surface area contributed by atoms with Crippen LogP contribution in [0.5, 0.6) is 0 Å². The molecule has 0 fully saturated rings. The van der Waals surface area contributed by atoms with Crippen molar-refractivity contribution in [3.63, 3.8) is 0 Å². The molecule has 9 heteroatoms. The van der Waals surface area contributed by atoms with Gasteiger partial charge in [0.1, 0.15) is 17.3 Å². The third-order valence-electron chi connectivity index (χ3n) is 4.49. The van der Waals surface area contributed by atoms with E-state index >= 15 is 0 Å². The van der Waals surface area contributed by atoms with Gasteiger partial charge in [-0.3, -0.25) is 4.79 Å². The minimum Gasteiger partial charge on any atom is -0.386 e. The van der Waals surface area contributed by atoms with Gasteiger partial charge >= 0.3 is 6.18 Å². The number of nitrogen functional groups attached to an aromatic ring is 1. The molecule has 3 aromatic rings. The Hall–Kier alpha value is -3.46. The predicted molar refractivity (Wildman–Crippen MR) is 114 cm³/mol. The van der Waals surface area contributed by atoms with E-state index in [4.69, 9.17) is 5.73 Å². The Labute approximate surface area is 176 Å². The van der Waals surface area contributed by atoms with Crippen molar-refractivity contribution in [3.8, 4) is 0 Å². The molecule has 0 amide bonds. The molecule has 4 N–H and O–H groups in total. The smallest absolute Gasteiger partial charge is 0.386 e. The Bertz CT molecular complexity index is 1060. The van der Waals surface area contributed by atoms with E-state index in [0.717, 1.165) is 12.1 Å². The maximum absolute atomic E-state index is 13.5. The number of benzene rings is 1. The van der Waals surface area contributed by atoms with Crippen LogP contribution in [-0.4, -0.2) is 26.9 Å². The van der Waals surface area contributed by atoms with Gasteiger partial charge in [-0.1, -0.05) is 30.3 Å². The number of alkyl halides is 3. The Balaban J connectivity index is 0. The standard InChI is InChI=1S/C21H19F3N4O2.4H2/c1-12(18(29)13-6-3-2-4-7-13)27-16-10-9-15(21(22,23)24)17(28-16)19(30)14-8-5-11-26-20(14)25;;;;/h2-12,18,29H,1H3,(H2,25,26)(H,27,28);4*1H/t12?,18-;;;;/m1..../s1. The van der Waals surface area contributed by atoms with Gasteiger partial charge in [0.2, 0.25) is 5.78 Å². The molecule has 30 heavy (non-hydrogen) atoms. The zero-order chi connectivity index (χ0) is 21.9. The van der Waals surface area contributed by atoms with Crippen LogP contribution in [0.3, 0.4) is 0 Å². The summed E-state index contributed by atoms with van der Waals surface area (Å²) in [5.41, 5.74) is 4.12. The molecule has 0 spiro atoms. The number of aromatic nitrogens is 2. The first kappa shape index (κ1) is 21.3. The number of aliphatic hydroxyl groups is 1. The van der Waals surface area contributed by atoms with Crippen LogP contribution in [0.1, 0.15) is 45.9 Å². The monoisotopic (exact) mass is 424 g/mol. The van der Waals surface area contributed by atoms with Crippen molar-refractivity contribution in [2.75, 3.05) is 11.1 Å². The van der Waals surface area contributed by atoms with Crippen LogP contribution < -0.4 is 11.1 Å². The Kier molecular flexibility index (Phi) is 6.02. The first-order valence-corrected chi connectivity index (χ1v) is 9.01. The van der Waals surface area contributed by atoms with E-state index in [-0.39, 0.29) is 22.9 Å². The zero-order valence-corrected chi connectivity index (χ0v) is 15.9. The molecule has 2 heterocycles. The number of hydrogen-bond donors (Lipinski definition) is 3. The lowest BCUT2D eigenvalue weighted by atomic mass is 10.0. The third kappa shape index (κ3) is 4.57. The van der Waals surface area contributed by atoms with Crippen molar-refractivity contribution in [3.05, 3.63) is 83.2 Å². The van der Waals surface area contributed by atoms with Crippen molar-refractivity contribution in [1.82, 2.24) is 9.97 Å². The van der Waals surface area contributed by atoms with Gasteiger partial charge in [-0.05, 0) is 36.8 Å². The van der Waals surface area contributed by atoms with Crippen molar-refractivity contribution in [2.24, 2.45) is 0 Å². The number of hydrogen-bond acceptors (Lipinski definition) is 6. The number of anilines is 2. The summed E-state index contributed by atoms with van der Waals surface area (Å²) in [7, 11) is 0. The SMILES string of the molecule is CC(Nc1ccc(C(F)(F)F)c(C(=O)c2cccnc2N)n1)[C@@H](O)c1ccccc1.[HH].[HH].[HH].[HH]. The van der Waals surface area contributed by atoms with Gasteiger partial charge < -0.3 is 16.2 Å². The summed E-state index contributed by atoms with van der Waals surface area (Å²) in [5, 5.41) is 13.3. The second kappa shape index (κ2) is 8.50. The number of ketones is 1. The fourth-order valence-electron chi connectivity index (χ4n) is 2.93. The summed E-state index contributed by atoms with van der Waals surface area (Å²) in [6.07, 6.45) is -4.40. The maximum atomic E-state index is 13.5. The predicted octanol–water partition coefficient (Wildman–Crippen LogP) is 4.83. The summed E-state index contributed by atoms with van der Waals surface area (Å²) >= 11 is 0. The highest BCUT2D eigenvalue weighted by atomic mass is 19.4. The van der Waals surface area contributed by atoms with Crippen LogP contribution in [-0.2, 0) is 6.18 Å². The molecule has 0 aliphatic heterocycles. The summed E-state index contributed by atoms with van der Waals surface area (Å²) in [6.45, 7) is 1.65. The van der Waals surface area contributed by atoms with E-state index in [1.165, 1.54) is 18.3 Å². The van der Waals surface area contributed by atoms with Gasteiger partial charge in [0.15, 0.2) is 0 Å². The molecule has 0 saturated heterocycles. The number of aliphatic hydroxyl groups excluding tert-OH is 1. The van der Waals surface area contributed by atoms with E-state index in [1.54, 1.807) is 37.3 Å². The molecular formula is C21H27F3N4O2. The highest BCUT2D eigenvalue weighted by Crippen LogP contribution is 2.33. The molecule has 0 bridgehead atoms. The highest BCUT2D eigenvalue weighted by Gasteiger charge is 2.37. The zero-order valence-electron chi connectivity index (χ0n) is 15.9. The largest absolute Gasteiger partial charge is 0.418 e. The summed E-state index contributed by atoms with van der Waals surface area (Å²) in [6, 6.07) is 12.7. The fraction of sp³-hybridized carbons (Fsp3) is 0.190. The molecule has 2 aromatic heterocycles. The molecule has 0 aliphatic rings. The van der Waals surface area contributed by atoms with Gasteiger partial charge in [0, 0.05) is 11.9 Å². The van der Waals surface area contributed by atoms with Crippen LogP contribution in [0.15, 0.2) is 60.8 Å². The van der Waals surface area contributed by atoms with E-state index in [1.807, 2.05) is 0 Å². The minimum absolute atomic E-state index is 0. The summed E-state index contributed by atoms with van der Waals surface area (Å²) in [4.78, 5) is 20.4. The van der Waals surface area contributed by atoms with Gasteiger partial charge in [-0.2, -0.15) is 13.2 Å². The average Bonchev–Trinajstić information content (AvgIpc) is 2.73. The quantitative estimate of drug-likeness (QED) is 0.490. The van der Waals surface area contributed by atoms with E-state index in [9.17, 15) is 23.1 Å². The first-order valence-electron chi connectivity index (χ1n) is 9.01. The number of halogens is 3. The van der Waals surface area contributed by atoms with Crippen LogP contribution in [0, 0.1) is 0 Å². The number of rotatable bonds is 6. The second-order valence-electron chi connectivity index (χ2n) is 6.64. The van der Waals surface area contributed by atoms with E-state index in [2.05, 4.69) is 15.3 Å². The Morgan fingerprint density at radius 2 is 1.83 bits per heavy atom. The molecule has 1 aromatic carbocycles. The van der Waals surface area contributed by atoms with E-state index < -0.39 is 35.4 Å². The second-order valence-corrected chi connectivity index (χ2v) is 6.64. The molecule has 0 saturated carbocycles. The number of pyridine rings is 2. The highest BCUT2D eigenvalue weighted by molar-refractivity contribution is 6.11. The molecule has 3 rings (SSSR count). The Morgan fingerprint density at radius 1 is 1.13 bits per heavy atom.